The highest BCUT2D eigenvalue weighted by atomic mass is 16.7. The number of carbonyl (C=O) groups is 4. The fourth-order valence-electron chi connectivity index (χ4n) is 6.71. The summed E-state index contributed by atoms with van der Waals surface area (Å²) in [6, 6.07) is -3.64. The molecule has 2 fully saturated rings. The minimum atomic E-state index is -1.80. The lowest BCUT2D eigenvalue weighted by Gasteiger charge is -2.50. The number of ether oxygens (including phenoxy) is 7. The zero-order valence-electron chi connectivity index (χ0n) is 35.6. The van der Waals surface area contributed by atoms with Gasteiger partial charge in [0.1, 0.15) is 58.7 Å². The minimum Gasteiger partial charge on any atom is -0.468 e. The average Bonchev–Trinajstić information content (AvgIpc) is 3.06. The summed E-state index contributed by atoms with van der Waals surface area (Å²) in [5.74, 6) is -0.465. The Morgan fingerprint density at radius 2 is 1.48 bits per heavy atom. The number of amides is 4. The summed E-state index contributed by atoms with van der Waals surface area (Å²) in [6.45, 7) is 15.9. The molecule has 0 spiro atoms. The molecule has 0 aromatic rings. The van der Waals surface area contributed by atoms with E-state index in [1.165, 1.54) is 14.0 Å². The van der Waals surface area contributed by atoms with E-state index in [0.717, 1.165) is 4.90 Å². The summed E-state index contributed by atoms with van der Waals surface area (Å²) < 4.78 is 40.4. The highest BCUT2D eigenvalue weighted by Gasteiger charge is 2.54. The number of allylic oxidation sites excluding steroid dienone is 1. The number of rotatable bonds is 12. The van der Waals surface area contributed by atoms with Crippen molar-refractivity contribution in [1.82, 2.24) is 20.9 Å². The van der Waals surface area contributed by atoms with Crippen LogP contribution in [0.25, 0.3) is 0 Å². The first-order chi connectivity index (χ1) is 26.6. The predicted molar refractivity (Wildman–Crippen MR) is 206 cm³/mol. The molecule has 1 aliphatic carbocycles. The smallest absolute Gasteiger partial charge is 0.410 e. The molecule has 0 aromatic carbocycles. The van der Waals surface area contributed by atoms with Gasteiger partial charge in [-0.1, -0.05) is 0 Å². The first-order valence-corrected chi connectivity index (χ1v) is 19.6. The summed E-state index contributed by atoms with van der Waals surface area (Å²) >= 11 is 0. The molecule has 334 valence electrons. The Morgan fingerprint density at radius 1 is 0.914 bits per heavy atom. The zero-order chi connectivity index (χ0) is 44.0. The van der Waals surface area contributed by atoms with Crippen LogP contribution in [0.2, 0.25) is 0 Å². The van der Waals surface area contributed by atoms with Crippen LogP contribution in [0.3, 0.4) is 0 Å². The molecule has 2 heterocycles. The molecular weight excluding hydrogens is 766 g/mol. The van der Waals surface area contributed by atoms with E-state index in [0.29, 0.717) is 18.6 Å². The molecule has 0 radical (unpaired) electrons. The van der Waals surface area contributed by atoms with Crippen LogP contribution in [0.5, 0.6) is 0 Å². The van der Waals surface area contributed by atoms with Crippen molar-refractivity contribution >= 4 is 24.2 Å². The number of aliphatic hydroxyl groups excluding tert-OH is 3. The van der Waals surface area contributed by atoms with Crippen molar-refractivity contribution in [3.05, 3.63) is 11.8 Å². The molecule has 4 amide bonds. The molecule has 58 heavy (non-hydrogen) atoms. The van der Waals surface area contributed by atoms with E-state index in [-0.39, 0.29) is 25.9 Å². The van der Waals surface area contributed by atoms with E-state index in [9.17, 15) is 39.6 Å². The third-order valence-electron chi connectivity index (χ3n) is 9.13. The van der Waals surface area contributed by atoms with Gasteiger partial charge in [-0.3, -0.25) is 4.79 Å². The van der Waals surface area contributed by atoms with Crippen molar-refractivity contribution in [2.75, 3.05) is 26.7 Å². The van der Waals surface area contributed by atoms with E-state index < -0.39 is 114 Å². The molecule has 0 aromatic heterocycles. The topological polar surface area (TPSA) is 279 Å². The van der Waals surface area contributed by atoms with Crippen LogP contribution in [-0.4, -0.2) is 160 Å². The van der Waals surface area contributed by atoms with Crippen LogP contribution in [0.4, 0.5) is 14.4 Å². The van der Waals surface area contributed by atoms with Gasteiger partial charge in [0.25, 0.3) is 0 Å². The van der Waals surface area contributed by atoms with Crippen molar-refractivity contribution in [2.45, 2.75) is 179 Å². The Hall–Kier alpha value is -3.50. The van der Waals surface area contributed by atoms with Gasteiger partial charge in [0.15, 0.2) is 12.6 Å². The number of alkyl carbamates (subject to hydrolysis) is 2. The Labute approximate surface area is 340 Å². The first kappa shape index (κ1) is 48.9. The van der Waals surface area contributed by atoms with Crippen molar-refractivity contribution in [3.8, 4) is 0 Å². The maximum Gasteiger partial charge on any atom is 0.410 e. The summed E-state index contributed by atoms with van der Waals surface area (Å²) in [5.41, 5.74) is 1.42. The van der Waals surface area contributed by atoms with Crippen molar-refractivity contribution in [2.24, 2.45) is 5.73 Å². The van der Waals surface area contributed by atoms with Gasteiger partial charge in [-0.05, 0) is 94.6 Å². The summed E-state index contributed by atoms with van der Waals surface area (Å²) in [7, 11) is 1.33. The maximum absolute atomic E-state index is 13.5. The molecule has 11 atom stereocenters. The van der Waals surface area contributed by atoms with E-state index in [4.69, 9.17) is 38.9 Å². The Bertz CT molecular complexity index is 1440. The Kier molecular flexibility index (Phi) is 16.6. The second-order valence-corrected chi connectivity index (χ2v) is 18.1. The molecular formula is C38H67N5O15. The maximum atomic E-state index is 13.5. The van der Waals surface area contributed by atoms with E-state index >= 15 is 0 Å². The van der Waals surface area contributed by atoms with Crippen LogP contribution in [0.1, 0.15) is 94.9 Å². The highest BCUT2D eigenvalue weighted by Crippen LogP contribution is 2.34. The quantitative estimate of drug-likeness (QED) is 0.127. The minimum absolute atomic E-state index is 0.0850. The highest BCUT2D eigenvalue weighted by molar-refractivity contribution is 5.81. The zero-order valence-corrected chi connectivity index (χ0v) is 35.6. The average molecular weight is 834 g/mol. The number of aliphatic hydroxyl groups is 4. The number of nitrogens with zero attached hydrogens (tertiary/aromatic N) is 1. The number of nitrogens with two attached hydrogens (primary N) is 1. The lowest BCUT2D eigenvalue weighted by atomic mass is 9.82. The Balaban J connectivity index is 1.96. The summed E-state index contributed by atoms with van der Waals surface area (Å²) in [6.07, 6.45) is -10.6. The SMILES string of the molecule is CN(C(=O)OC(C)(C)C)C1[C@@H](O)[C@@H](O[C@@H]2[C@@H](O)[C@H](O[C@@H]3CCC=C(CN)O3)[C@@H](NC(=O)OC(C)(C)C)C[C@H]2NC(=O)[C@@H](O)CCNC(=O)OC(C)(C)C)OC[C@]1(C)O. The van der Waals surface area contributed by atoms with E-state index in [1.807, 2.05) is 0 Å². The number of likely N-dealkylation sites (N-methyl/N-ethyl adjacent to an activating group) is 1. The number of hydrogen-bond donors (Lipinski definition) is 8. The van der Waals surface area contributed by atoms with Crippen molar-refractivity contribution < 1.29 is 72.8 Å². The van der Waals surface area contributed by atoms with Gasteiger partial charge < -0.3 is 80.2 Å². The molecule has 0 bridgehead atoms. The van der Waals surface area contributed by atoms with Gasteiger partial charge in [-0.2, -0.15) is 0 Å². The lowest BCUT2D eigenvalue weighted by Crippen LogP contribution is -2.70. The fraction of sp³-hybridized carbons (Fsp3) is 0.842. The van der Waals surface area contributed by atoms with Crippen LogP contribution < -0.4 is 21.7 Å². The van der Waals surface area contributed by atoms with Crippen LogP contribution in [-0.2, 0) is 38.0 Å². The monoisotopic (exact) mass is 833 g/mol. The normalized spacial score (nSPS) is 31.1. The van der Waals surface area contributed by atoms with Gasteiger partial charge in [0, 0.05) is 20.0 Å². The number of carbonyl (C=O) groups excluding carboxylic acids is 4. The first-order valence-electron chi connectivity index (χ1n) is 19.6. The van der Waals surface area contributed by atoms with Crippen molar-refractivity contribution in [3.63, 3.8) is 0 Å². The van der Waals surface area contributed by atoms with Crippen LogP contribution in [0, 0.1) is 0 Å². The second kappa shape index (κ2) is 19.7. The van der Waals surface area contributed by atoms with Gasteiger partial charge in [-0.15, -0.1) is 0 Å². The van der Waals surface area contributed by atoms with Crippen molar-refractivity contribution in [1.29, 1.82) is 0 Å². The van der Waals surface area contributed by atoms with Gasteiger partial charge in [-0.25, -0.2) is 14.4 Å². The molecule has 2 aliphatic heterocycles. The van der Waals surface area contributed by atoms with Gasteiger partial charge in [0.05, 0.1) is 31.3 Å². The molecule has 20 heteroatoms. The number of nitrogens with one attached hydrogen (secondary N) is 3. The molecule has 1 saturated heterocycles. The lowest BCUT2D eigenvalue weighted by molar-refractivity contribution is -0.311. The standard InChI is InChI=1S/C38H67N5O15/c1-35(2,3)56-32(48)40-16-15-23(44)30(47)41-21-17-22(42-33(49)57-36(4,5)6)27(54-24-14-12-13-20(18-39)53-24)25(45)28(21)55-31-26(46)29(38(10,51)19-52-31)43(11)34(50)58-37(7,8)9/h13,21-29,31,44-46,51H,12,14-19,39H2,1-11H3,(H,40,48)(H,41,47)(H,42,49)/t21-,22+,23+,24-,25+,26-,27-,28+,29?,31-,38+/m1/s1. The van der Waals surface area contributed by atoms with E-state index in [2.05, 4.69) is 16.0 Å². The van der Waals surface area contributed by atoms with Gasteiger partial charge in [0.2, 0.25) is 5.91 Å². The molecule has 20 nitrogen and oxygen atoms in total. The largest absolute Gasteiger partial charge is 0.468 e. The molecule has 1 saturated carbocycles. The molecule has 3 aliphatic rings. The Morgan fingerprint density at radius 3 is 2.07 bits per heavy atom. The predicted octanol–water partition coefficient (Wildman–Crippen LogP) is 0.858. The third-order valence-corrected chi connectivity index (χ3v) is 9.13. The van der Waals surface area contributed by atoms with Crippen LogP contribution >= 0.6 is 0 Å². The molecule has 1 unspecified atom stereocenters. The van der Waals surface area contributed by atoms with Crippen LogP contribution in [0.15, 0.2) is 11.8 Å². The van der Waals surface area contributed by atoms with Gasteiger partial charge >= 0.3 is 18.3 Å². The fourth-order valence-corrected chi connectivity index (χ4v) is 6.71. The third kappa shape index (κ3) is 14.6. The van der Waals surface area contributed by atoms with E-state index in [1.54, 1.807) is 68.4 Å². The molecule has 9 N–H and O–H groups in total. The summed E-state index contributed by atoms with van der Waals surface area (Å²) in [4.78, 5) is 53.0. The summed E-state index contributed by atoms with van der Waals surface area (Å²) in [5, 5.41) is 53.8. The second-order valence-electron chi connectivity index (χ2n) is 18.1. The number of hydrogen-bond acceptors (Lipinski definition) is 16. The molecule has 3 rings (SSSR count).